The van der Waals surface area contributed by atoms with Gasteiger partial charge in [-0.15, -0.1) is 0 Å². The molecule has 0 aliphatic heterocycles. The molecule has 0 amide bonds. The highest BCUT2D eigenvalue weighted by Crippen LogP contribution is 2.03. The fourth-order valence-corrected chi connectivity index (χ4v) is 1.17. The topological polar surface area (TPSA) is 3.24 Å². The molecule has 0 bridgehead atoms. The van der Waals surface area contributed by atoms with Crippen molar-refractivity contribution in [1.82, 2.24) is 4.90 Å². The van der Waals surface area contributed by atoms with Crippen molar-refractivity contribution in [2.24, 2.45) is 0 Å². The first kappa shape index (κ1) is 23.0. The summed E-state index contributed by atoms with van der Waals surface area (Å²) in [5.41, 5.74) is 0. The van der Waals surface area contributed by atoms with Gasteiger partial charge in [-0.25, -0.2) is 0 Å². The molecule has 0 radical (unpaired) electrons. The maximum absolute atomic E-state index is 4.81. The third-order valence-electron chi connectivity index (χ3n) is 2.30. The van der Waals surface area contributed by atoms with Crippen LogP contribution in [0.25, 0.3) is 0 Å². The molecule has 0 saturated heterocycles. The van der Waals surface area contributed by atoms with Crippen LogP contribution in [0.3, 0.4) is 0 Å². The Hall–Kier alpha value is 0.830. The lowest BCUT2D eigenvalue weighted by molar-refractivity contribution is 0.321. The van der Waals surface area contributed by atoms with Crippen LogP contribution < -0.4 is 0 Å². The van der Waals surface area contributed by atoms with Crippen molar-refractivity contribution in [3.8, 4) is 0 Å². The van der Waals surface area contributed by atoms with Crippen LogP contribution in [0.15, 0.2) is 0 Å². The normalized spacial score (nSPS) is 9.53. The van der Waals surface area contributed by atoms with Crippen LogP contribution >= 0.6 is 34.8 Å². The molecule has 0 aromatic heterocycles. The van der Waals surface area contributed by atoms with Crippen LogP contribution in [0.1, 0.15) is 60.3 Å². The average Bonchev–Trinajstić information content (AvgIpc) is 2.29. The molecule has 0 spiro atoms. The van der Waals surface area contributed by atoms with Gasteiger partial charge in [-0.2, -0.15) is 0 Å². The van der Waals surface area contributed by atoms with E-state index >= 15 is 0 Å². The predicted octanol–water partition coefficient (Wildman–Crippen LogP) is 5.92. The monoisotopic (exact) mass is 305 g/mol. The van der Waals surface area contributed by atoms with Gasteiger partial charge in [0.2, 0.25) is 0 Å². The van der Waals surface area contributed by atoms with Crippen molar-refractivity contribution in [2.75, 3.05) is 19.6 Å². The summed E-state index contributed by atoms with van der Waals surface area (Å²) >= 11 is 14.4. The fraction of sp³-hybridized carbons (Fsp3) is 1.00. The molecule has 0 saturated carbocycles. The van der Waals surface area contributed by atoms with Crippen LogP contribution in [-0.2, 0) is 0 Å². The minimum atomic E-state index is -0.750. The summed E-state index contributed by atoms with van der Waals surface area (Å²) in [6.45, 7) is 14.6. The van der Waals surface area contributed by atoms with Gasteiger partial charge in [-0.1, -0.05) is 95.1 Å². The zero-order chi connectivity index (χ0) is 14.1. The number of hydrogen-bond acceptors (Lipinski definition) is 1. The molecule has 108 valence electrons. The van der Waals surface area contributed by atoms with Crippen molar-refractivity contribution in [3.05, 3.63) is 0 Å². The summed E-state index contributed by atoms with van der Waals surface area (Å²) in [5, 5.41) is 0. The minimum Gasteiger partial charge on any atom is -0.304 e. The minimum absolute atomic E-state index is 0.750. The first-order chi connectivity index (χ1) is 7.99. The Labute approximate surface area is 124 Å². The number of rotatable bonds is 6. The second-order valence-corrected chi connectivity index (χ2v) is 5.55. The lowest BCUT2D eigenvalue weighted by atomic mass is 10.2. The molecule has 0 aliphatic rings. The highest BCUT2D eigenvalue weighted by atomic mass is 35.6. The molecule has 0 aliphatic carbocycles. The molecule has 0 N–H and O–H groups in total. The van der Waals surface area contributed by atoms with E-state index in [4.69, 9.17) is 34.8 Å². The second-order valence-electron chi connectivity index (χ2n) is 3.57. The second kappa shape index (κ2) is 22.0. The number of nitrogens with zero attached hydrogens (tertiary/aromatic N) is 1. The summed E-state index contributed by atoms with van der Waals surface area (Å²) in [5.74, 6) is 0. The smallest absolute Gasteiger partial charge is 0.180 e. The molecule has 0 unspecified atom stereocenters. The van der Waals surface area contributed by atoms with E-state index in [0.29, 0.717) is 0 Å². The summed E-state index contributed by atoms with van der Waals surface area (Å²) in [4.78, 5) is 2.38. The molecule has 0 aromatic carbocycles. The fourth-order valence-electron chi connectivity index (χ4n) is 1.17. The van der Waals surface area contributed by atoms with Gasteiger partial charge in [0.15, 0.2) is 4.30 Å². The van der Waals surface area contributed by atoms with Crippen molar-refractivity contribution in [3.63, 3.8) is 0 Å². The van der Waals surface area contributed by atoms with Crippen molar-refractivity contribution in [2.45, 2.75) is 64.6 Å². The molecule has 0 aromatic rings. The Morgan fingerprint density at radius 2 is 0.941 bits per heavy atom. The highest BCUT2D eigenvalue weighted by molar-refractivity contribution is 6.63. The Morgan fingerprint density at radius 3 is 1.00 bits per heavy atom. The Kier molecular flexibility index (Phi) is 29.8. The first-order valence-electron chi connectivity index (χ1n) is 6.64. The van der Waals surface area contributed by atoms with E-state index < -0.39 is 4.30 Å². The molecule has 0 rings (SSSR count). The molecule has 0 heterocycles. The van der Waals surface area contributed by atoms with Gasteiger partial charge < -0.3 is 4.90 Å². The number of alkyl halides is 3. The zero-order valence-electron chi connectivity index (χ0n) is 12.1. The molecule has 1 nitrogen and oxygen atoms in total. The third-order valence-corrected chi connectivity index (χ3v) is 2.30. The lowest BCUT2D eigenvalue weighted by Crippen LogP contribution is -2.21. The highest BCUT2D eigenvalue weighted by Gasteiger charge is 1.89. The summed E-state index contributed by atoms with van der Waals surface area (Å²) in [7, 11) is 0. The summed E-state index contributed by atoms with van der Waals surface area (Å²) < 4.78 is -0.750. The van der Waals surface area contributed by atoms with E-state index in [9.17, 15) is 0 Å². The van der Waals surface area contributed by atoms with Gasteiger partial charge in [0.25, 0.3) is 0 Å². The maximum Gasteiger partial charge on any atom is 0.180 e. The van der Waals surface area contributed by atoms with Gasteiger partial charge in [0.1, 0.15) is 0 Å². The Balaban J connectivity index is -0.000000180. The van der Waals surface area contributed by atoms with Crippen molar-refractivity contribution in [1.29, 1.82) is 0 Å². The van der Waals surface area contributed by atoms with E-state index in [2.05, 4.69) is 39.5 Å². The molecular formula is C13H30Cl3N. The van der Waals surface area contributed by atoms with Crippen molar-refractivity contribution < 1.29 is 0 Å². The third kappa shape index (κ3) is 38.3. The molecule has 0 fully saturated rings. The zero-order valence-corrected chi connectivity index (χ0v) is 14.4. The largest absolute Gasteiger partial charge is 0.304 e. The average molecular weight is 307 g/mol. The van der Waals surface area contributed by atoms with Crippen molar-refractivity contribution >= 4 is 34.8 Å². The molecular weight excluding hydrogens is 277 g/mol. The number of halogens is 3. The quantitative estimate of drug-likeness (QED) is 0.435. The van der Waals surface area contributed by atoms with Gasteiger partial charge in [0, 0.05) is 0 Å². The van der Waals surface area contributed by atoms with Gasteiger partial charge in [-0.05, 0) is 19.6 Å². The van der Waals surface area contributed by atoms with E-state index in [0.717, 1.165) is 0 Å². The van der Waals surface area contributed by atoms with E-state index in [1.165, 1.54) is 45.3 Å². The first-order valence-corrected chi connectivity index (χ1v) is 7.95. The maximum atomic E-state index is 4.81. The van der Waals surface area contributed by atoms with Crippen LogP contribution in [0, 0.1) is 0 Å². The number of hydrogen-bond donors (Lipinski definition) is 0. The Bertz CT molecular complexity index is 94.6. The predicted molar refractivity (Wildman–Crippen MR) is 84.6 cm³/mol. The summed E-state index contributed by atoms with van der Waals surface area (Å²) in [6, 6.07) is 0. The van der Waals surface area contributed by atoms with Crippen LogP contribution in [0.4, 0.5) is 0 Å². The van der Waals surface area contributed by atoms with E-state index in [1.807, 2.05) is 0 Å². The molecule has 4 heteroatoms. The molecule has 17 heavy (non-hydrogen) atoms. The van der Waals surface area contributed by atoms with Gasteiger partial charge in [-0.3, -0.25) is 0 Å². The van der Waals surface area contributed by atoms with E-state index in [1.54, 1.807) is 0 Å². The van der Waals surface area contributed by atoms with Crippen LogP contribution in [0.2, 0.25) is 0 Å². The van der Waals surface area contributed by atoms with Crippen LogP contribution in [-0.4, -0.2) is 28.8 Å². The Morgan fingerprint density at radius 1 is 0.706 bits per heavy atom. The summed E-state index contributed by atoms with van der Waals surface area (Å²) in [6.07, 6.45) is 5.54. The lowest BCUT2D eigenvalue weighted by Gasteiger charge is -2.13. The van der Waals surface area contributed by atoms with Gasteiger partial charge in [0.05, 0.1) is 0 Å². The molecule has 0 atom stereocenters. The van der Waals surface area contributed by atoms with E-state index in [-0.39, 0.29) is 0 Å². The SMILES string of the molecule is CCCCCC.CCN(CC)CC.ClC(Cl)Cl. The number of unbranched alkanes of at least 4 members (excludes halogenated alkanes) is 3. The standard InChI is InChI=1S/C6H15N.C6H14.CHCl3/c1-4-7(5-2)6-3;1-3-5-6-4-2;2-1(3)4/h4-6H2,1-3H3;3-6H2,1-2H3;1H. The van der Waals surface area contributed by atoms with Crippen LogP contribution in [0.5, 0.6) is 0 Å². The van der Waals surface area contributed by atoms with Gasteiger partial charge >= 0.3 is 0 Å².